The fourth-order valence-electron chi connectivity index (χ4n) is 5.72. The number of hydrogen-bond donors (Lipinski definition) is 2. The average molecular weight is 647 g/mol. The molecule has 1 aromatic heterocycles. The number of carbonyl (C=O) groups is 1. The van der Waals surface area contributed by atoms with Crippen molar-refractivity contribution in [3.05, 3.63) is 48.0 Å². The number of aliphatic carboxylic acids is 1. The number of benzene rings is 2. The van der Waals surface area contributed by atoms with Gasteiger partial charge in [-0.3, -0.25) is 10.1 Å². The second-order valence-electron chi connectivity index (χ2n) is 12.4. The van der Waals surface area contributed by atoms with Crippen LogP contribution < -0.4 is 10.1 Å². The highest BCUT2D eigenvalue weighted by Gasteiger charge is 2.28. The molecule has 256 valence electrons. The first-order valence-corrected chi connectivity index (χ1v) is 17.3. The van der Waals surface area contributed by atoms with Crippen molar-refractivity contribution in [2.45, 2.75) is 128 Å². The van der Waals surface area contributed by atoms with E-state index < -0.39 is 24.8 Å². The molecule has 0 aliphatic rings. The van der Waals surface area contributed by atoms with Crippen LogP contribution in [0.15, 0.2) is 42.5 Å². The minimum Gasteiger partial charge on any atom is -0.484 e. The van der Waals surface area contributed by atoms with Gasteiger partial charge in [0.2, 0.25) is 0 Å². The summed E-state index contributed by atoms with van der Waals surface area (Å²) in [6.45, 7) is 3.97. The Balaban J connectivity index is 1.72. The van der Waals surface area contributed by atoms with Crippen molar-refractivity contribution < 1.29 is 32.5 Å². The van der Waals surface area contributed by atoms with Crippen LogP contribution in [0.1, 0.15) is 122 Å². The molecular formula is C37H53F3N2O4. The molecule has 2 N–H and O–H groups in total. The lowest BCUT2D eigenvalue weighted by atomic mass is 10.0. The van der Waals surface area contributed by atoms with Gasteiger partial charge in [-0.25, -0.2) is 4.98 Å². The van der Waals surface area contributed by atoms with Gasteiger partial charge in [-0.2, -0.15) is 13.2 Å². The monoisotopic (exact) mass is 646 g/mol. The number of halogens is 3. The second-order valence-corrected chi connectivity index (χ2v) is 12.4. The molecule has 0 saturated carbocycles. The number of unbranched alkanes of at least 4 members (excludes halogenated alkanes) is 12. The number of hydrogen-bond acceptors (Lipinski definition) is 5. The Hall–Kier alpha value is -2.91. The fourth-order valence-corrected chi connectivity index (χ4v) is 5.72. The summed E-state index contributed by atoms with van der Waals surface area (Å²) < 4.78 is 49.1. The maximum atomic E-state index is 12.7. The highest BCUT2D eigenvalue weighted by atomic mass is 19.4. The Morgan fingerprint density at radius 1 is 0.804 bits per heavy atom. The summed E-state index contributed by atoms with van der Waals surface area (Å²) in [5, 5.41) is 15.1. The molecule has 0 radical (unpaired) electrons. The van der Waals surface area contributed by atoms with Gasteiger partial charge in [0.1, 0.15) is 11.8 Å². The molecule has 0 spiro atoms. The first-order valence-electron chi connectivity index (χ1n) is 17.3. The van der Waals surface area contributed by atoms with Gasteiger partial charge in [0.25, 0.3) is 0 Å². The van der Waals surface area contributed by atoms with Crippen LogP contribution in [0.5, 0.6) is 5.75 Å². The van der Waals surface area contributed by atoms with E-state index in [1.165, 1.54) is 69.9 Å². The summed E-state index contributed by atoms with van der Waals surface area (Å²) in [6.07, 6.45) is 12.2. The smallest absolute Gasteiger partial charge is 0.422 e. The summed E-state index contributed by atoms with van der Waals surface area (Å²) in [4.78, 5) is 17.0. The van der Waals surface area contributed by atoms with Crippen molar-refractivity contribution in [1.82, 2.24) is 10.3 Å². The lowest BCUT2D eigenvalue weighted by molar-refractivity contribution is -0.153. The molecule has 2 unspecified atom stereocenters. The third kappa shape index (κ3) is 13.8. The number of alkyl halides is 3. The quantitative estimate of drug-likeness (QED) is 0.0745. The molecule has 1 heterocycles. The van der Waals surface area contributed by atoms with Crippen LogP contribution in [0.25, 0.3) is 21.8 Å². The van der Waals surface area contributed by atoms with Crippen LogP contribution in [-0.4, -0.2) is 48.1 Å². The Morgan fingerprint density at radius 2 is 1.39 bits per heavy atom. The normalized spacial score (nSPS) is 13.3. The molecule has 0 saturated heterocycles. The molecule has 3 aromatic rings. The van der Waals surface area contributed by atoms with Gasteiger partial charge in [0, 0.05) is 23.4 Å². The summed E-state index contributed by atoms with van der Waals surface area (Å²) in [5.74, 6) is -0.779. The standard InChI is InChI=1S/C37H53F3N2O4/c1-3-5-7-9-11-12-14-16-22-45-26-35(41-32(36(43)44)17-15-13-10-8-6-4-2)30-19-18-28-23-29-20-21-31(46-27-37(38,39)40)25-34(29)42-33(28)24-30/h18-21,23-25,32,35,41H,3-17,22,26-27H2,1-2H3,(H,43,44). The van der Waals surface area contributed by atoms with E-state index >= 15 is 0 Å². The van der Waals surface area contributed by atoms with E-state index in [4.69, 9.17) is 14.5 Å². The van der Waals surface area contributed by atoms with E-state index in [1.807, 2.05) is 24.3 Å². The number of pyridine rings is 1. The van der Waals surface area contributed by atoms with E-state index in [1.54, 1.807) is 6.07 Å². The summed E-state index contributed by atoms with van der Waals surface area (Å²) in [7, 11) is 0. The SMILES string of the molecule is CCCCCCCCCCOCC(NC(CCCCCCCC)C(=O)O)c1ccc2cc3ccc(OCC(F)(F)F)cc3nc2c1. The first kappa shape index (κ1) is 37.5. The summed E-state index contributed by atoms with van der Waals surface area (Å²) in [5.41, 5.74) is 2.04. The number of nitrogens with zero attached hydrogens (tertiary/aromatic N) is 1. The molecule has 6 nitrogen and oxygen atoms in total. The molecule has 0 aliphatic carbocycles. The molecule has 0 amide bonds. The van der Waals surface area contributed by atoms with E-state index in [0.717, 1.165) is 48.4 Å². The highest BCUT2D eigenvalue weighted by molar-refractivity contribution is 5.93. The van der Waals surface area contributed by atoms with Crippen molar-refractivity contribution in [3.8, 4) is 5.75 Å². The fraction of sp³-hybridized carbons (Fsp3) is 0.622. The Bertz CT molecular complexity index is 1320. The predicted molar refractivity (Wildman–Crippen MR) is 180 cm³/mol. The van der Waals surface area contributed by atoms with E-state index in [0.29, 0.717) is 30.7 Å². The van der Waals surface area contributed by atoms with Gasteiger partial charge >= 0.3 is 12.1 Å². The number of carboxylic acid groups (broad SMARTS) is 1. The molecule has 3 rings (SSSR count). The molecular weight excluding hydrogens is 593 g/mol. The van der Waals surface area contributed by atoms with Gasteiger partial charge in [-0.15, -0.1) is 0 Å². The minimum absolute atomic E-state index is 0.0979. The van der Waals surface area contributed by atoms with Crippen LogP contribution in [0.4, 0.5) is 13.2 Å². The van der Waals surface area contributed by atoms with Crippen LogP contribution in [-0.2, 0) is 9.53 Å². The van der Waals surface area contributed by atoms with Crippen molar-refractivity contribution in [2.75, 3.05) is 19.8 Å². The highest BCUT2D eigenvalue weighted by Crippen LogP contribution is 2.28. The lowest BCUT2D eigenvalue weighted by Gasteiger charge is -2.24. The summed E-state index contributed by atoms with van der Waals surface area (Å²) >= 11 is 0. The van der Waals surface area contributed by atoms with Crippen LogP contribution in [0, 0.1) is 0 Å². The Morgan fingerprint density at radius 3 is 2.02 bits per heavy atom. The molecule has 9 heteroatoms. The topological polar surface area (TPSA) is 80.7 Å². The van der Waals surface area contributed by atoms with E-state index in [9.17, 15) is 23.1 Å². The predicted octanol–water partition coefficient (Wildman–Crippen LogP) is 10.3. The Labute approximate surface area is 272 Å². The third-order valence-corrected chi connectivity index (χ3v) is 8.39. The number of ether oxygens (including phenoxy) is 2. The maximum absolute atomic E-state index is 12.7. The molecule has 0 fully saturated rings. The van der Waals surface area contributed by atoms with E-state index in [2.05, 4.69) is 19.2 Å². The molecule has 0 aliphatic heterocycles. The molecule has 2 aromatic carbocycles. The zero-order valence-electron chi connectivity index (χ0n) is 27.7. The molecule has 0 bridgehead atoms. The second kappa shape index (κ2) is 20.4. The number of nitrogens with one attached hydrogen (secondary N) is 1. The van der Waals surface area contributed by atoms with Crippen molar-refractivity contribution in [3.63, 3.8) is 0 Å². The molecule has 2 atom stereocenters. The van der Waals surface area contributed by atoms with Crippen molar-refractivity contribution in [2.24, 2.45) is 0 Å². The largest absolute Gasteiger partial charge is 0.484 e. The number of carboxylic acids is 1. The van der Waals surface area contributed by atoms with Gasteiger partial charge in [-0.05, 0) is 42.7 Å². The van der Waals surface area contributed by atoms with Gasteiger partial charge in [0.05, 0.1) is 23.7 Å². The lowest BCUT2D eigenvalue weighted by Crippen LogP contribution is -2.40. The maximum Gasteiger partial charge on any atom is 0.422 e. The number of aromatic nitrogens is 1. The van der Waals surface area contributed by atoms with Crippen LogP contribution in [0.3, 0.4) is 0 Å². The zero-order valence-corrected chi connectivity index (χ0v) is 27.7. The first-order chi connectivity index (χ1) is 22.2. The molecule has 46 heavy (non-hydrogen) atoms. The van der Waals surface area contributed by atoms with Crippen LogP contribution in [0.2, 0.25) is 0 Å². The average Bonchev–Trinajstić information content (AvgIpc) is 3.03. The van der Waals surface area contributed by atoms with Crippen molar-refractivity contribution in [1.29, 1.82) is 0 Å². The Kier molecular flexibility index (Phi) is 16.6. The third-order valence-electron chi connectivity index (χ3n) is 8.39. The number of fused-ring (bicyclic) bond motifs is 2. The minimum atomic E-state index is -4.43. The zero-order chi connectivity index (χ0) is 33.2. The van der Waals surface area contributed by atoms with Gasteiger partial charge < -0.3 is 14.6 Å². The van der Waals surface area contributed by atoms with Crippen molar-refractivity contribution >= 4 is 27.8 Å². The van der Waals surface area contributed by atoms with E-state index in [-0.39, 0.29) is 11.8 Å². The van der Waals surface area contributed by atoms with Gasteiger partial charge in [0.15, 0.2) is 6.61 Å². The van der Waals surface area contributed by atoms with Gasteiger partial charge in [-0.1, -0.05) is 109 Å². The van der Waals surface area contributed by atoms with Crippen LogP contribution >= 0.6 is 0 Å². The summed E-state index contributed by atoms with van der Waals surface area (Å²) in [6, 6.07) is 11.4. The number of rotatable bonds is 24.